The first-order chi connectivity index (χ1) is 9.83. The molecule has 2 N–H and O–H groups in total. The number of rotatable bonds is 1. The number of fused-ring (bicyclic) bond motifs is 1. The van der Waals surface area contributed by atoms with Gasteiger partial charge in [-0.25, -0.2) is 4.98 Å². The molecule has 0 fully saturated rings. The van der Waals surface area contributed by atoms with Crippen LogP contribution in [0.3, 0.4) is 0 Å². The van der Waals surface area contributed by atoms with Gasteiger partial charge in [0.05, 0.1) is 15.8 Å². The number of thiazole rings is 1. The predicted octanol–water partition coefficient (Wildman–Crippen LogP) is 5.22. The molecular formula is C14H8ClF3N2S. The average molecular weight is 329 g/mol. The number of halogens is 4. The van der Waals surface area contributed by atoms with E-state index < -0.39 is 11.7 Å². The molecule has 0 atom stereocenters. The molecule has 0 radical (unpaired) electrons. The zero-order chi connectivity index (χ0) is 15.2. The van der Waals surface area contributed by atoms with Gasteiger partial charge in [0.2, 0.25) is 0 Å². The molecule has 108 valence electrons. The molecule has 0 aliphatic heterocycles. The van der Waals surface area contributed by atoms with Crippen molar-refractivity contribution >= 4 is 38.8 Å². The minimum atomic E-state index is -4.44. The van der Waals surface area contributed by atoms with Crippen molar-refractivity contribution in [3.05, 3.63) is 47.0 Å². The number of benzene rings is 2. The monoisotopic (exact) mass is 328 g/mol. The van der Waals surface area contributed by atoms with Gasteiger partial charge in [0.1, 0.15) is 5.01 Å². The van der Waals surface area contributed by atoms with Crippen LogP contribution in [0.4, 0.5) is 18.9 Å². The van der Waals surface area contributed by atoms with Gasteiger partial charge < -0.3 is 5.73 Å². The Morgan fingerprint density at radius 1 is 1.10 bits per heavy atom. The SMILES string of the molecule is Nc1cc(-c2nc3cc(Cl)ccc3s2)cc(C(F)(F)F)c1. The van der Waals surface area contributed by atoms with Gasteiger partial charge in [0, 0.05) is 16.3 Å². The van der Waals surface area contributed by atoms with E-state index in [1.807, 2.05) is 0 Å². The Hall–Kier alpha value is -1.79. The Labute approximate surface area is 127 Å². The number of nitrogens with two attached hydrogens (primary N) is 1. The fourth-order valence-electron chi connectivity index (χ4n) is 1.96. The highest BCUT2D eigenvalue weighted by Crippen LogP contribution is 2.37. The third kappa shape index (κ3) is 2.82. The Balaban J connectivity index is 2.16. The Kier molecular flexibility index (Phi) is 3.30. The van der Waals surface area contributed by atoms with Gasteiger partial charge in [-0.15, -0.1) is 11.3 Å². The van der Waals surface area contributed by atoms with Crippen molar-refractivity contribution in [2.75, 3.05) is 5.73 Å². The average Bonchev–Trinajstić information content (AvgIpc) is 2.80. The second-order valence-corrected chi connectivity index (χ2v) is 5.94. The van der Waals surface area contributed by atoms with E-state index in [4.69, 9.17) is 17.3 Å². The van der Waals surface area contributed by atoms with Crippen molar-refractivity contribution in [3.8, 4) is 10.6 Å². The summed E-state index contributed by atoms with van der Waals surface area (Å²) in [4.78, 5) is 4.32. The smallest absolute Gasteiger partial charge is 0.399 e. The van der Waals surface area contributed by atoms with Gasteiger partial charge in [-0.2, -0.15) is 13.2 Å². The second kappa shape index (κ2) is 4.89. The molecular weight excluding hydrogens is 321 g/mol. The molecule has 21 heavy (non-hydrogen) atoms. The van der Waals surface area contributed by atoms with Crippen molar-refractivity contribution in [2.24, 2.45) is 0 Å². The van der Waals surface area contributed by atoms with E-state index in [9.17, 15) is 13.2 Å². The largest absolute Gasteiger partial charge is 0.416 e. The van der Waals surface area contributed by atoms with Crippen LogP contribution in [0.25, 0.3) is 20.8 Å². The maximum Gasteiger partial charge on any atom is 0.416 e. The number of hydrogen-bond donors (Lipinski definition) is 1. The zero-order valence-corrected chi connectivity index (χ0v) is 12.0. The van der Waals surface area contributed by atoms with E-state index in [1.165, 1.54) is 17.4 Å². The molecule has 2 nitrogen and oxygen atoms in total. The van der Waals surface area contributed by atoms with Gasteiger partial charge in [-0.05, 0) is 36.4 Å². The topological polar surface area (TPSA) is 38.9 Å². The second-order valence-electron chi connectivity index (χ2n) is 4.47. The standard InChI is InChI=1S/C14H8ClF3N2S/c15-9-1-2-12-11(6-9)20-13(21-12)7-3-8(14(16,17)18)5-10(19)4-7/h1-6H,19H2. The summed E-state index contributed by atoms with van der Waals surface area (Å²) in [5.74, 6) is 0. The lowest BCUT2D eigenvalue weighted by atomic mass is 10.1. The first-order valence-electron chi connectivity index (χ1n) is 5.87. The number of nitrogens with zero attached hydrogens (tertiary/aromatic N) is 1. The minimum absolute atomic E-state index is 0.0529. The van der Waals surface area contributed by atoms with E-state index in [0.717, 1.165) is 16.8 Å². The van der Waals surface area contributed by atoms with Gasteiger partial charge in [0.15, 0.2) is 0 Å². The lowest BCUT2D eigenvalue weighted by Gasteiger charge is -2.09. The molecule has 3 aromatic rings. The van der Waals surface area contributed by atoms with Crippen molar-refractivity contribution in [1.29, 1.82) is 0 Å². The summed E-state index contributed by atoms with van der Waals surface area (Å²) in [5.41, 5.74) is 5.84. The quantitative estimate of drug-likeness (QED) is 0.622. The number of nitrogen functional groups attached to an aromatic ring is 1. The Morgan fingerprint density at radius 3 is 2.57 bits per heavy atom. The summed E-state index contributed by atoms with van der Waals surface area (Å²) in [7, 11) is 0. The molecule has 1 aromatic heterocycles. The molecule has 0 aliphatic rings. The molecule has 2 aromatic carbocycles. The first kappa shape index (κ1) is 14.2. The maximum absolute atomic E-state index is 12.8. The zero-order valence-electron chi connectivity index (χ0n) is 10.4. The van der Waals surface area contributed by atoms with Gasteiger partial charge in [-0.1, -0.05) is 11.6 Å². The van der Waals surface area contributed by atoms with Crippen LogP contribution >= 0.6 is 22.9 Å². The highest BCUT2D eigenvalue weighted by Gasteiger charge is 2.31. The lowest BCUT2D eigenvalue weighted by Crippen LogP contribution is -2.05. The van der Waals surface area contributed by atoms with Crippen LogP contribution in [0.15, 0.2) is 36.4 Å². The molecule has 0 aliphatic carbocycles. The maximum atomic E-state index is 12.8. The van der Waals surface area contributed by atoms with E-state index in [-0.39, 0.29) is 5.69 Å². The third-order valence-corrected chi connectivity index (χ3v) is 4.20. The molecule has 7 heteroatoms. The van der Waals surface area contributed by atoms with Crippen LogP contribution in [-0.4, -0.2) is 4.98 Å². The fraction of sp³-hybridized carbons (Fsp3) is 0.0714. The molecule has 0 bridgehead atoms. The van der Waals surface area contributed by atoms with Crippen molar-refractivity contribution in [2.45, 2.75) is 6.18 Å². The van der Waals surface area contributed by atoms with Crippen molar-refractivity contribution in [3.63, 3.8) is 0 Å². The van der Waals surface area contributed by atoms with E-state index in [2.05, 4.69) is 4.98 Å². The van der Waals surface area contributed by atoms with E-state index >= 15 is 0 Å². The number of hydrogen-bond acceptors (Lipinski definition) is 3. The number of anilines is 1. The lowest BCUT2D eigenvalue weighted by molar-refractivity contribution is -0.137. The summed E-state index contributed by atoms with van der Waals surface area (Å²) in [6.07, 6.45) is -4.44. The predicted molar refractivity (Wildman–Crippen MR) is 79.5 cm³/mol. The fourth-order valence-corrected chi connectivity index (χ4v) is 3.06. The molecule has 3 rings (SSSR count). The minimum Gasteiger partial charge on any atom is -0.399 e. The van der Waals surface area contributed by atoms with E-state index in [1.54, 1.807) is 18.2 Å². The summed E-state index contributed by atoms with van der Waals surface area (Å²) in [6.45, 7) is 0. The molecule has 0 saturated carbocycles. The third-order valence-electron chi connectivity index (χ3n) is 2.88. The van der Waals surface area contributed by atoms with Crippen LogP contribution in [0.5, 0.6) is 0 Å². The van der Waals surface area contributed by atoms with Crippen molar-refractivity contribution < 1.29 is 13.2 Å². The van der Waals surface area contributed by atoms with Crippen molar-refractivity contribution in [1.82, 2.24) is 4.98 Å². The number of alkyl halides is 3. The Bertz CT molecular complexity index is 827. The van der Waals surface area contributed by atoms with Crippen LogP contribution in [0.2, 0.25) is 5.02 Å². The highest BCUT2D eigenvalue weighted by molar-refractivity contribution is 7.21. The normalized spacial score (nSPS) is 12.0. The van der Waals surface area contributed by atoms with E-state index in [0.29, 0.717) is 21.1 Å². The molecule has 0 unspecified atom stereocenters. The Morgan fingerprint density at radius 2 is 1.86 bits per heavy atom. The summed E-state index contributed by atoms with van der Waals surface area (Å²) in [5, 5.41) is 1.01. The van der Waals surface area contributed by atoms with Gasteiger partial charge in [0.25, 0.3) is 0 Å². The number of aromatic nitrogens is 1. The highest BCUT2D eigenvalue weighted by atomic mass is 35.5. The summed E-state index contributed by atoms with van der Waals surface area (Å²) < 4.78 is 39.3. The molecule has 0 saturated heterocycles. The molecule has 0 spiro atoms. The first-order valence-corrected chi connectivity index (χ1v) is 7.06. The summed E-state index contributed by atoms with van der Waals surface area (Å²) in [6, 6.07) is 8.62. The van der Waals surface area contributed by atoms with Crippen LogP contribution in [-0.2, 0) is 6.18 Å². The van der Waals surface area contributed by atoms with Gasteiger partial charge in [-0.3, -0.25) is 0 Å². The van der Waals surface area contributed by atoms with Crippen LogP contribution < -0.4 is 5.73 Å². The molecule has 1 heterocycles. The van der Waals surface area contributed by atoms with Crippen LogP contribution in [0.1, 0.15) is 5.56 Å². The van der Waals surface area contributed by atoms with Crippen LogP contribution in [0, 0.1) is 0 Å². The summed E-state index contributed by atoms with van der Waals surface area (Å²) >= 11 is 7.17. The molecule has 0 amide bonds. The van der Waals surface area contributed by atoms with Gasteiger partial charge >= 0.3 is 6.18 Å².